The van der Waals surface area contributed by atoms with Gasteiger partial charge in [-0.1, -0.05) is 0 Å². The van der Waals surface area contributed by atoms with Crippen LogP contribution in [0.4, 0.5) is 0 Å². The quantitative estimate of drug-likeness (QED) is 0.424. The molecule has 2 N–H and O–H groups in total. The Morgan fingerprint density at radius 1 is 1.43 bits per heavy atom. The highest BCUT2D eigenvalue weighted by Crippen LogP contribution is 1.79. The van der Waals surface area contributed by atoms with Crippen molar-refractivity contribution in [1.82, 2.24) is 0 Å². The van der Waals surface area contributed by atoms with E-state index in [4.69, 9.17) is 16.3 Å². The summed E-state index contributed by atoms with van der Waals surface area (Å²) in [5, 5.41) is 15.8. The van der Waals surface area contributed by atoms with Gasteiger partial charge in [0.15, 0.2) is 0 Å². The van der Waals surface area contributed by atoms with E-state index in [0.717, 1.165) is 6.20 Å². The summed E-state index contributed by atoms with van der Waals surface area (Å²) >= 11 is 0. The molecule has 0 aromatic heterocycles. The van der Waals surface area contributed by atoms with Gasteiger partial charge < -0.3 is 5.73 Å². The third-order valence-electron chi connectivity index (χ3n) is 0.408. The first-order valence-electron chi connectivity index (χ1n) is 1.57. The van der Waals surface area contributed by atoms with Crippen LogP contribution in [-0.4, -0.2) is 0 Å². The zero-order valence-electron chi connectivity index (χ0n) is 3.55. The van der Waals surface area contributed by atoms with Crippen LogP contribution in [0.1, 0.15) is 0 Å². The summed E-state index contributed by atoms with van der Waals surface area (Å²) in [6.45, 7) is 0. The van der Waals surface area contributed by atoms with Crippen LogP contribution in [0.25, 0.3) is 0 Å². The molecule has 3 heteroatoms. The Kier molecular flexibility index (Phi) is 2.16. The lowest BCUT2D eigenvalue weighted by molar-refractivity contribution is 1.43. The van der Waals surface area contributed by atoms with E-state index in [9.17, 15) is 0 Å². The van der Waals surface area contributed by atoms with Gasteiger partial charge in [-0.25, -0.2) is 0 Å². The second kappa shape index (κ2) is 2.74. The van der Waals surface area contributed by atoms with Crippen LogP contribution in [0.5, 0.6) is 0 Å². The van der Waals surface area contributed by atoms with Gasteiger partial charge in [0.05, 0.1) is 0 Å². The average Bonchev–Trinajstić information content (AvgIpc) is 1.72. The van der Waals surface area contributed by atoms with Crippen molar-refractivity contribution in [2.75, 3.05) is 0 Å². The van der Waals surface area contributed by atoms with Crippen LogP contribution < -0.4 is 5.73 Å². The maximum atomic E-state index is 7.91. The van der Waals surface area contributed by atoms with E-state index in [-0.39, 0.29) is 5.57 Å². The number of allylic oxidation sites excluding steroid dienone is 1. The topological polar surface area (TPSA) is 73.6 Å². The molecular weight excluding hydrogens is 90.1 g/mol. The van der Waals surface area contributed by atoms with Gasteiger partial charge in [-0.2, -0.15) is 10.5 Å². The molecule has 0 aromatic rings. The fourth-order valence-electron chi connectivity index (χ4n) is 0.0995. The van der Waals surface area contributed by atoms with Crippen molar-refractivity contribution in [3.05, 3.63) is 11.8 Å². The third kappa shape index (κ3) is 1.40. The Labute approximate surface area is 41.3 Å². The zero-order valence-corrected chi connectivity index (χ0v) is 3.55. The van der Waals surface area contributed by atoms with Crippen LogP contribution in [0, 0.1) is 22.7 Å². The lowest BCUT2D eigenvalue weighted by Crippen LogP contribution is -1.80. The van der Waals surface area contributed by atoms with Gasteiger partial charge in [0.1, 0.15) is 17.7 Å². The predicted molar refractivity (Wildman–Crippen MR) is 23.5 cm³/mol. The minimum absolute atomic E-state index is 0.0556. The zero-order chi connectivity index (χ0) is 5.70. The van der Waals surface area contributed by atoms with Crippen molar-refractivity contribution in [3.8, 4) is 12.1 Å². The third-order valence-corrected chi connectivity index (χ3v) is 0.408. The molecule has 0 aromatic carbocycles. The van der Waals surface area contributed by atoms with E-state index in [2.05, 4.69) is 0 Å². The highest BCUT2D eigenvalue weighted by Gasteiger charge is 1.82. The second-order valence-electron chi connectivity index (χ2n) is 0.804. The van der Waals surface area contributed by atoms with Gasteiger partial charge >= 0.3 is 0 Å². The lowest BCUT2D eigenvalue weighted by atomic mass is 10.4. The molecule has 0 unspecified atom stereocenters. The van der Waals surface area contributed by atoms with Crippen LogP contribution in [0.2, 0.25) is 0 Å². The molecule has 0 rings (SSSR count). The fraction of sp³-hybridized carbons (Fsp3) is 0. The number of nitriles is 2. The highest BCUT2D eigenvalue weighted by atomic mass is 14.5. The number of nitrogens with zero attached hydrogens (tertiary/aromatic N) is 2. The monoisotopic (exact) mass is 93.0 g/mol. The normalized spacial score (nSPS) is 5.43. The first-order chi connectivity index (χ1) is 3.35. The maximum Gasteiger partial charge on any atom is 0.145 e. The molecule has 0 aliphatic rings. The molecule has 0 amide bonds. The van der Waals surface area contributed by atoms with Crippen molar-refractivity contribution in [3.63, 3.8) is 0 Å². The standard InChI is InChI=1S/C4H3N3/c5-1-4(2-6)3-7/h1H,5H2. The fourth-order valence-corrected chi connectivity index (χ4v) is 0.0995. The number of nitrogens with two attached hydrogens (primary N) is 1. The van der Waals surface area contributed by atoms with Crippen molar-refractivity contribution in [2.45, 2.75) is 0 Å². The molecule has 0 fully saturated rings. The smallest absolute Gasteiger partial charge is 0.145 e. The van der Waals surface area contributed by atoms with Gasteiger partial charge in [0.25, 0.3) is 0 Å². The Balaban J connectivity index is 4.03. The Hall–Kier alpha value is -1.48. The summed E-state index contributed by atoms with van der Waals surface area (Å²) < 4.78 is 0. The van der Waals surface area contributed by atoms with Crippen LogP contribution >= 0.6 is 0 Å². The van der Waals surface area contributed by atoms with Gasteiger partial charge in [0, 0.05) is 6.20 Å². The van der Waals surface area contributed by atoms with Crippen molar-refractivity contribution >= 4 is 0 Å². The van der Waals surface area contributed by atoms with Gasteiger partial charge in [-0.15, -0.1) is 0 Å². The summed E-state index contributed by atoms with van der Waals surface area (Å²) in [6.07, 6.45) is 0.972. The van der Waals surface area contributed by atoms with E-state index >= 15 is 0 Å². The van der Waals surface area contributed by atoms with Crippen molar-refractivity contribution in [1.29, 1.82) is 10.5 Å². The Morgan fingerprint density at radius 2 is 1.86 bits per heavy atom. The largest absolute Gasteiger partial charge is 0.403 e. The van der Waals surface area contributed by atoms with Gasteiger partial charge in [-0.05, 0) is 0 Å². The first-order valence-corrected chi connectivity index (χ1v) is 1.57. The van der Waals surface area contributed by atoms with Gasteiger partial charge in [0.2, 0.25) is 0 Å². The second-order valence-corrected chi connectivity index (χ2v) is 0.804. The molecule has 0 heterocycles. The molecule has 34 valence electrons. The molecule has 0 saturated heterocycles. The number of hydrogen-bond donors (Lipinski definition) is 1. The highest BCUT2D eigenvalue weighted by molar-refractivity contribution is 5.33. The van der Waals surface area contributed by atoms with Crippen molar-refractivity contribution < 1.29 is 0 Å². The van der Waals surface area contributed by atoms with Crippen LogP contribution in [-0.2, 0) is 0 Å². The van der Waals surface area contributed by atoms with Crippen molar-refractivity contribution in [2.24, 2.45) is 5.73 Å². The molecule has 0 atom stereocenters. The summed E-state index contributed by atoms with van der Waals surface area (Å²) in [4.78, 5) is 0. The lowest BCUT2D eigenvalue weighted by Gasteiger charge is -1.68. The SMILES string of the molecule is N#CC(C#N)=CN. The van der Waals surface area contributed by atoms with E-state index < -0.39 is 0 Å². The average molecular weight is 93.1 g/mol. The molecule has 0 saturated carbocycles. The summed E-state index contributed by atoms with van der Waals surface area (Å²) in [7, 11) is 0. The summed E-state index contributed by atoms with van der Waals surface area (Å²) in [5.41, 5.74) is 4.73. The molecule has 3 nitrogen and oxygen atoms in total. The summed E-state index contributed by atoms with van der Waals surface area (Å²) in [5.74, 6) is 0. The first kappa shape index (κ1) is 5.52. The van der Waals surface area contributed by atoms with Gasteiger partial charge in [-0.3, -0.25) is 0 Å². The van der Waals surface area contributed by atoms with E-state index in [1.54, 1.807) is 12.1 Å². The Bertz CT molecular complexity index is 139. The molecule has 7 heavy (non-hydrogen) atoms. The molecule has 0 aliphatic carbocycles. The van der Waals surface area contributed by atoms with E-state index in [1.807, 2.05) is 0 Å². The molecule has 0 aliphatic heterocycles. The molecule has 0 radical (unpaired) electrons. The number of rotatable bonds is 0. The minimum Gasteiger partial charge on any atom is -0.403 e. The molecular formula is C4H3N3. The molecule has 0 bridgehead atoms. The summed E-state index contributed by atoms with van der Waals surface area (Å²) in [6, 6.07) is 3.15. The van der Waals surface area contributed by atoms with E-state index in [0.29, 0.717) is 0 Å². The number of hydrogen-bond acceptors (Lipinski definition) is 3. The van der Waals surface area contributed by atoms with E-state index in [1.165, 1.54) is 0 Å². The molecule has 0 spiro atoms. The maximum absolute atomic E-state index is 7.91. The predicted octanol–water partition coefficient (Wildman–Crippen LogP) is -0.124. The minimum atomic E-state index is -0.0556. The van der Waals surface area contributed by atoms with Crippen LogP contribution in [0.3, 0.4) is 0 Å². The van der Waals surface area contributed by atoms with Crippen LogP contribution in [0.15, 0.2) is 11.8 Å². The Morgan fingerprint density at radius 3 is 1.86 bits per heavy atom.